The van der Waals surface area contributed by atoms with Gasteiger partial charge < -0.3 is 9.15 Å². The van der Waals surface area contributed by atoms with Gasteiger partial charge in [0.1, 0.15) is 17.3 Å². The van der Waals surface area contributed by atoms with E-state index in [0.717, 1.165) is 5.56 Å². The molecule has 7 nitrogen and oxygen atoms in total. The number of ether oxygens (including phenoxy) is 1. The van der Waals surface area contributed by atoms with Gasteiger partial charge in [-0.2, -0.15) is 0 Å². The predicted octanol–water partition coefficient (Wildman–Crippen LogP) is 4.40. The molecule has 2 aromatic carbocycles. The molecule has 1 aliphatic rings. The first-order valence-corrected chi connectivity index (χ1v) is 12.7. The molecular weight excluding hydrogens is 507 g/mol. The second kappa shape index (κ2) is 10.2. The Hall–Kier alpha value is -4.37. The zero-order chi connectivity index (χ0) is 27.0. The average molecular weight is 531 g/mol. The molecule has 0 bridgehead atoms. The fourth-order valence-corrected chi connectivity index (χ4v) is 5.36. The first-order chi connectivity index (χ1) is 18.3. The number of allylic oxidation sites excluding steroid dienone is 1. The summed E-state index contributed by atoms with van der Waals surface area (Å²) in [6.07, 6.45) is 1.63. The molecule has 0 aliphatic carbocycles. The molecule has 38 heavy (non-hydrogen) atoms. The van der Waals surface area contributed by atoms with Crippen LogP contribution in [0.25, 0.3) is 17.4 Å². The van der Waals surface area contributed by atoms with E-state index in [4.69, 9.17) is 9.15 Å². The van der Waals surface area contributed by atoms with Crippen molar-refractivity contribution in [3.05, 3.63) is 114 Å². The molecule has 0 N–H and O–H groups in total. The fraction of sp³-hybridized carbons (Fsp3) is 0.172. The van der Waals surface area contributed by atoms with Crippen molar-refractivity contribution in [3.63, 3.8) is 0 Å². The summed E-state index contributed by atoms with van der Waals surface area (Å²) in [7, 11) is 0. The molecule has 5 rings (SSSR count). The zero-order valence-electron chi connectivity index (χ0n) is 20.9. The Balaban J connectivity index is 1.59. The van der Waals surface area contributed by atoms with Gasteiger partial charge in [-0.25, -0.2) is 14.2 Å². The van der Waals surface area contributed by atoms with Crippen LogP contribution in [0.5, 0.6) is 0 Å². The van der Waals surface area contributed by atoms with Crippen LogP contribution in [0.3, 0.4) is 0 Å². The lowest BCUT2D eigenvalue weighted by Crippen LogP contribution is -2.39. The Morgan fingerprint density at radius 1 is 1.11 bits per heavy atom. The molecule has 0 amide bonds. The largest absolute Gasteiger partial charge is 0.463 e. The summed E-state index contributed by atoms with van der Waals surface area (Å²) in [6.45, 7) is 5.06. The molecule has 1 atom stereocenters. The number of hydrogen-bond donors (Lipinski definition) is 0. The molecule has 192 valence electrons. The van der Waals surface area contributed by atoms with E-state index >= 15 is 0 Å². The number of fused-ring (bicyclic) bond motifs is 1. The van der Waals surface area contributed by atoms with Crippen molar-refractivity contribution in [1.82, 2.24) is 4.57 Å². The first-order valence-electron chi connectivity index (χ1n) is 11.9. The highest BCUT2D eigenvalue weighted by molar-refractivity contribution is 7.07. The maximum atomic E-state index is 13.7. The number of thiazole rings is 1. The molecule has 2 aromatic heterocycles. The molecule has 1 aliphatic heterocycles. The molecule has 0 unspecified atom stereocenters. The van der Waals surface area contributed by atoms with Crippen molar-refractivity contribution < 1.29 is 23.1 Å². The Morgan fingerprint density at radius 2 is 1.82 bits per heavy atom. The second-order valence-corrected chi connectivity index (χ2v) is 9.70. The van der Waals surface area contributed by atoms with Crippen LogP contribution in [0, 0.1) is 5.82 Å². The summed E-state index contributed by atoms with van der Waals surface area (Å²) in [5.41, 5.74) is 2.26. The van der Waals surface area contributed by atoms with Gasteiger partial charge >= 0.3 is 5.97 Å². The Morgan fingerprint density at radius 3 is 2.47 bits per heavy atom. The number of hydrogen-bond acceptors (Lipinski definition) is 7. The minimum Gasteiger partial charge on any atom is -0.463 e. The molecule has 0 fully saturated rings. The number of nitrogens with zero attached hydrogens (tertiary/aromatic N) is 2. The van der Waals surface area contributed by atoms with E-state index in [1.54, 1.807) is 68.5 Å². The number of Topliss-reactive ketones (excluding diaryl/α,β-unsaturated/α-hetero) is 1. The highest BCUT2D eigenvalue weighted by Gasteiger charge is 2.33. The number of halogens is 1. The Labute approximate surface area is 220 Å². The number of ketones is 1. The van der Waals surface area contributed by atoms with Crippen molar-refractivity contribution >= 4 is 29.2 Å². The van der Waals surface area contributed by atoms with Gasteiger partial charge in [-0.05, 0) is 50.6 Å². The quantitative estimate of drug-likeness (QED) is 0.272. The van der Waals surface area contributed by atoms with Crippen LogP contribution in [0.15, 0.2) is 86.1 Å². The van der Waals surface area contributed by atoms with Crippen LogP contribution >= 0.6 is 11.3 Å². The van der Waals surface area contributed by atoms with Crippen molar-refractivity contribution in [3.8, 4) is 11.3 Å². The monoisotopic (exact) mass is 530 g/mol. The number of aromatic nitrogens is 1. The first kappa shape index (κ1) is 25.3. The summed E-state index contributed by atoms with van der Waals surface area (Å²) < 4.78 is 26.7. The van der Waals surface area contributed by atoms with Gasteiger partial charge in [-0.3, -0.25) is 14.2 Å². The van der Waals surface area contributed by atoms with Gasteiger partial charge in [0.2, 0.25) is 0 Å². The van der Waals surface area contributed by atoms with Gasteiger partial charge in [0.15, 0.2) is 10.6 Å². The molecule has 0 spiro atoms. The van der Waals surface area contributed by atoms with Crippen LogP contribution in [0.1, 0.15) is 48.5 Å². The van der Waals surface area contributed by atoms with Gasteiger partial charge in [0, 0.05) is 17.2 Å². The molecule has 0 saturated heterocycles. The summed E-state index contributed by atoms with van der Waals surface area (Å²) >= 11 is 1.17. The SMILES string of the molecule is CCOC(=O)C1=C(C)N=c2s/c(=C\c3ccc(-c4ccc(C(C)=O)cc4)o3)c(=O)n2[C@@H]1c1ccc(F)cc1. The van der Waals surface area contributed by atoms with E-state index in [9.17, 15) is 18.8 Å². The van der Waals surface area contributed by atoms with Crippen LogP contribution in [0.2, 0.25) is 0 Å². The lowest BCUT2D eigenvalue weighted by molar-refractivity contribution is -0.139. The molecule has 0 saturated carbocycles. The summed E-state index contributed by atoms with van der Waals surface area (Å²) in [5.74, 6) is 0.0182. The Kier molecular flexibility index (Phi) is 6.77. The minimum atomic E-state index is -0.819. The van der Waals surface area contributed by atoms with Gasteiger partial charge in [0.05, 0.1) is 28.5 Å². The maximum Gasteiger partial charge on any atom is 0.338 e. The smallest absolute Gasteiger partial charge is 0.338 e. The third kappa shape index (κ3) is 4.68. The molecule has 9 heteroatoms. The second-order valence-electron chi connectivity index (χ2n) is 8.69. The van der Waals surface area contributed by atoms with E-state index in [1.165, 1.54) is 35.0 Å². The zero-order valence-corrected chi connectivity index (χ0v) is 21.7. The number of furan rings is 1. The third-order valence-corrected chi connectivity index (χ3v) is 7.16. The van der Waals surface area contributed by atoms with Crippen molar-refractivity contribution in [1.29, 1.82) is 0 Å². The normalized spacial score (nSPS) is 15.3. The van der Waals surface area contributed by atoms with E-state index < -0.39 is 17.8 Å². The number of carbonyl (C=O) groups excluding carboxylic acids is 2. The fourth-order valence-electron chi connectivity index (χ4n) is 4.34. The van der Waals surface area contributed by atoms with Gasteiger partial charge in [-0.1, -0.05) is 47.7 Å². The molecule has 0 radical (unpaired) electrons. The van der Waals surface area contributed by atoms with Crippen LogP contribution < -0.4 is 14.9 Å². The molecular formula is C29H23FN2O5S. The summed E-state index contributed by atoms with van der Waals surface area (Å²) in [4.78, 5) is 43.0. The third-order valence-electron chi connectivity index (χ3n) is 6.18. The maximum absolute atomic E-state index is 13.7. The lowest BCUT2D eigenvalue weighted by Gasteiger charge is -2.24. The van der Waals surface area contributed by atoms with Crippen LogP contribution in [-0.2, 0) is 9.53 Å². The lowest BCUT2D eigenvalue weighted by atomic mass is 9.96. The van der Waals surface area contributed by atoms with E-state index in [2.05, 4.69) is 4.99 Å². The number of carbonyl (C=O) groups is 2. The van der Waals surface area contributed by atoms with Crippen LogP contribution in [-0.4, -0.2) is 22.9 Å². The summed E-state index contributed by atoms with van der Waals surface area (Å²) in [6, 6.07) is 15.5. The van der Waals surface area contributed by atoms with E-state index in [1.807, 2.05) is 0 Å². The van der Waals surface area contributed by atoms with Gasteiger partial charge in [-0.15, -0.1) is 0 Å². The van der Waals surface area contributed by atoms with Gasteiger partial charge in [0.25, 0.3) is 5.56 Å². The summed E-state index contributed by atoms with van der Waals surface area (Å²) in [5, 5.41) is 0. The topological polar surface area (TPSA) is 90.9 Å². The average Bonchev–Trinajstić information content (AvgIpc) is 3.48. The number of benzene rings is 2. The van der Waals surface area contributed by atoms with Crippen molar-refractivity contribution in [2.45, 2.75) is 26.8 Å². The van der Waals surface area contributed by atoms with Crippen molar-refractivity contribution in [2.75, 3.05) is 6.61 Å². The van der Waals surface area contributed by atoms with E-state index in [-0.39, 0.29) is 23.5 Å². The van der Waals surface area contributed by atoms with Crippen molar-refractivity contribution in [2.24, 2.45) is 4.99 Å². The number of esters is 1. The number of rotatable bonds is 6. The highest BCUT2D eigenvalue weighted by Crippen LogP contribution is 2.31. The Bertz CT molecular complexity index is 1760. The van der Waals surface area contributed by atoms with E-state index in [0.29, 0.717) is 37.7 Å². The predicted molar refractivity (Wildman–Crippen MR) is 141 cm³/mol. The minimum absolute atomic E-state index is 0.0210. The van der Waals surface area contributed by atoms with Crippen LogP contribution in [0.4, 0.5) is 4.39 Å². The molecule has 3 heterocycles. The highest BCUT2D eigenvalue weighted by atomic mass is 32.1. The standard InChI is InChI=1S/C29H23FN2O5S/c1-4-36-28(35)25-16(2)31-29-32(26(25)20-9-11-21(30)12-10-20)27(34)24(38-29)15-22-13-14-23(37-22)19-7-5-18(6-8-19)17(3)33/h5-15,26H,4H2,1-3H3/b24-15-/t26-/m1/s1. The molecule has 4 aromatic rings.